The molecule has 0 aliphatic carbocycles. The Hall–Kier alpha value is -0.340. The molecule has 0 spiro atoms. The standard InChI is InChI=1S/C16H26BrN/c1-3-4-5-6-7-8-16(18-2)13-14-9-11-15(17)12-10-14/h9-12,16,18H,3-8,13H2,1-2H3. The summed E-state index contributed by atoms with van der Waals surface area (Å²) in [4.78, 5) is 0. The highest BCUT2D eigenvalue weighted by molar-refractivity contribution is 9.10. The monoisotopic (exact) mass is 311 g/mol. The summed E-state index contributed by atoms with van der Waals surface area (Å²) in [5.74, 6) is 0. The van der Waals surface area contributed by atoms with Crippen LogP contribution in [0.4, 0.5) is 0 Å². The minimum absolute atomic E-state index is 0.618. The maximum atomic E-state index is 3.48. The maximum Gasteiger partial charge on any atom is 0.0175 e. The van der Waals surface area contributed by atoms with Crippen LogP contribution in [0.5, 0.6) is 0 Å². The Bertz CT molecular complexity index is 307. The average Bonchev–Trinajstić information content (AvgIpc) is 2.39. The van der Waals surface area contributed by atoms with E-state index in [1.54, 1.807) is 0 Å². The van der Waals surface area contributed by atoms with Gasteiger partial charge in [0.05, 0.1) is 0 Å². The molecule has 0 aromatic heterocycles. The fraction of sp³-hybridized carbons (Fsp3) is 0.625. The Kier molecular flexibility index (Phi) is 8.36. The summed E-state index contributed by atoms with van der Waals surface area (Å²) in [5.41, 5.74) is 1.42. The quantitative estimate of drug-likeness (QED) is 0.637. The van der Waals surface area contributed by atoms with Crippen molar-refractivity contribution in [2.45, 2.75) is 57.9 Å². The number of unbranched alkanes of at least 4 members (excludes halogenated alkanes) is 4. The molecule has 0 fully saturated rings. The van der Waals surface area contributed by atoms with Crippen molar-refractivity contribution in [2.75, 3.05) is 7.05 Å². The van der Waals surface area contributed by atoms with Gasteiger partial charge in [-0.05, 0) is 37.6 Å². The van der Waals surface area contributed by atoms with Crippen molar-refractivity contribution in [3.8, 4) is 0 Å². The molecule has 102 valence electrons. The summed E-state index contributed by atoms with van der Waals surface area (Å²) in [6.07, 6.45) is 9.26. The van der Waals surface area contributed by atoms with Crippen molar-refractivity contribution < 1.29 is 0 Å². The first-order chi connectivity index (χ1) is 8.76. The molecule has 0 radical (unpaired) electrons. The molecule has 1 nitrogen and oxygen atoms in total. The molecule has 0 aliphatic heterocycles. The van der Waals surface area contributed by atoms with Crippen molar-refractivity contribution in [3.05, 3.63) is 34.3 Å². The molecular weight excluding hydrogens is 286 g/mol. The lowest BCUT2D eigenvalue weighted by Crippen LogP contribution is -2.27. The Morgan fingerprint density at radius 3 is 2.33 bits per heavy atom. The number of nitrogens with one attached hydrogen (secondary N) is 1. The van der Waals surface area contributed by atoms with Crippen LogP contribution in [0.1, 0.15) is 51.0 Å². The molecular formula is C16H26BrN. The van der Waals surface area contributed by atoms with E-state index in [9.17, 15) is 0 Å². The number of rotatable bonds is 9. The Balaban J connectivity index is 2.26. The predicted octanol–water partition coefficient (Wildman–Crippen LogP) is 4.94. The molecule has 1 unspecified atom stereocenters. The van der Waals surface area contributed by atoms with E-state index < -0.39 is 0 Å². The van der Waals surface area contributed by atoms with Gasteiger partial charge < -0.3 is 5.32 Å². The molecule has 18 heavy (non-hydrogen) atoms. The summed E-state index contributed by atoms with van der Waals surface area (Å²) in [6, 6.07) is 9.30. The number of hydrogen-bond acceptors (Lipinski definition) is 1. The third-order valence-electron chi connectivity index (χ3n) is 3.46. The second kappa shape index (κ2) is 9.57. The molecule has 1 rings (SSSR count). The number of likely N-dealkylation sites (N-methyl/N-ethyl adjacent to an activating group) is 1. The third-order valence-corrected chi connectivity index (χ3v) is 3.99. The van der Waals surface area contributed by atoms with Gasteiger partial charge in [-0.3, -0.25) is 0 Å². The van der Waals surface area contributed by atoms with Gasteiger partial charge in [0.25, 0.3) is 0 Å². The largest absolute Gasteiger partial charge is 0.317 e. The van der Waals surface area contributed by atoms with Gasteiger partial charge in [0.15, 0.2) is 0 Å². The highest BCUT2D eigenvalue weighted by Gasteiger charge is 2.06. The molecule has 0 heterocycles. The zero-order valence-corrected chi connectivity index (χ0v) is 13.3. The number of benzene rings is 1. The van der Waals surface area contributed by atoms with E-state index in [1.807, 2.05) is 0 Å². The first-order valence-electron chi connectivity index (χ1n) is 7.18. The van der Waals surface area contributed by atoms with E-state index >= 15 is 0 Å². The molecule has 1 aromatic carbocycles. The Morgan fingerprint density at radius 2 is 1.72 bits per heavy atom. The summed E-state index contributed by atoms with van der Waals surface area (Å²) < 4.78 is 1.16. The van der Waals surface area contributed by atoms with Crippen LogP contribution >= 0.6 is 15.9 Å². The first-order valence-corrected chi connectivity index (χ1v) is 7.97. The van der Waals surface area contributed by atoms with Crippen LogP contribution in [0.2, 0.25) is 0 Å². The van der Waals surface area contributed by atoms with Crippen molar-refractivity contribution in [1.29, 1.82) is 0 Å². The second-order valence-electron chi connectivity index (χ2n) is 5.02. The molecule has 0 aliphatic rings. The van der Waals surface area contributed by atoms with Gasteiger partial charge in [-0.15, -0.1) is 0 Å². The molecule has 0 amide bonds. The topological polar surface area (TPSA) is 12.0 Å². The molecule has 1 aromatic rings. The lowest BCUT2D eigenvalue weighted by Gasteiger charge is -2.16. The molecule has 1 atom stereocenters. The molecule has 0 saturated carbocycles. The van der Waals surface area contributed by atoms with Gasteiger partial charge in [0, 0.05) is 10.5 Å². The van der Waals surface area contributed by atoms with Crippen LogP contribution in [-0.2, 0) is 6.42 Å². The SMILES string of the molecule is CCCCCCCC(Cc1ccc(Br)cc1)NC. The Labute approximate surface area is 120 Å². The van der Waals surface area contributed by atoms with E-state index in [0.717, 1.165) is 10.9 Å². The lowest BCUT2D eigenvalue weighted by atomic mass is 10.00. The van der Waals surface area contributed by atoms with Gasteiger partial charge >= 0.3 is 0 Å². The second-order valence-corrected chi connectivity index (χ2v) is 5.93. The lowest BCUT2D eigenvalue weighted by molar-refractivity contribution is 0.482. The summed E-state index contributed by atoms with van der Waals surface area (Å²) in [5, 5.41) is 3.44. The summed E-state index contributed by atoms with van der Waals surface area (Å²) >= 11 is 3.48. The van der Waals surface area contributed by atoms with Gasteiger partial charge in [-0.1, -0.05) is 67.1 Å². The van der Waals surface area contributed by atoms with Crippen LogP contribution in [-0.4, -0.2) is 13.1 Å². The van der Waals surface area contributed by atoms with Gasteiger partial charge in [0.1, 0.15) is 0 Å². The molecule has 2 heteroatoms. The zero-order chi connectivity index (χ0) is 13.2. The zero-order valence-electron chi connectivity index (χ0n) is 11.7. The smallest absolute Gasteiger partial charge is 0.0175 e. The number of hydrogen-bond donors (Lipinski definition) is 1. The average molecular weight is 312 g/mol. The predicted molar refractivity (Wildman–Crippen MR) is 84.1 cm³/mol. The molecule has 1 N–H and O–H groups in total. The van der Waals surface area contributed by atoms with Crippen molar-refractivity contribution in [2.24, 2.45) is 0 Å². The van der Waals surface area contributed by atoms with Crippen LogP contribution in [0.3, 0.4) is 0 Å². The van der Waals surface area contributed by atoms with Crippen LogP contribution < -0.4 is 5.32 Å². The van der Waals surface area contributed by atoms with Crippen LogP contribution in [0.15, 0.2) is 28.7 Å². The normalized spacial score (nSPS) is 12.6. The highest BCUT2D eigenvalue weighted by Crippen LogP contribution is 2.14. The number of halogens is 1. The minimum atomic E-state index is 0.618. The highest BCUT2D eigenvalue weighted by atomic mass is 79.9. The van der Waals surface area contributed by atoms with Gasteiger partial charge in [-0.25, -0.2) is 0 Å². The summed E-state index contributed by atoms with van der Waals surface area (Å²) in [6.45, 7) is 2.27. The first kappa shape index (κ1) is 15.7. The van der Waals surface area contributed by atoms with E-state index in [1.165, 1.54) is 44.1 Å². The third kappa shape index (κ3) is 6.55. The maximum absolute atomic E-state index is 3.48. The van der Waals surface area contributed by atoms with Crippen molar-refractivity contribution >= 4 is 15.9 Å². The Morgan fingerprint density at radius 1 is 1.06 bits per heavy atom. The van der Waals surface area contributed by atoms with E-state index in [4.69, 9.17) is 0 Å². The van der Waals surface area contributed by atoms with E-state index in [2.05, 4.69) is 59.5 Å². The fourth-order valence-electron chi connectivity index (χ4n) is 2.25. The van der Waals surface area contributed by atoms with E-state index in [0.29, 0.717) is 6.04 Å². The van der Waals surface area contributed by atoms with Gasteiger partial charge in [0.2, 0.25) is 0 Å². The van der Waals surface area contributed by atoms with Crippen molar-refractivity contribution in [1.82, 2.24) is 5.32 Å². The van der Waals surface area contributed by atoms with Crippen LogP contribution in [0, 0.1) is 0 Å². The van der Waals surface area contributed by atoms with Crippen LogP contribution in [0.25, 0.3) is 0 Å². The fourth-order valence-corrected chi connectivity index (χ4v) is 2.51. The molecule has 0 saturated heterocycles. The minimum Gasteiger partial charge on any atom is -0.317 e. The van der Waals surface area contributed by atoms with E-state index in [-0.39, 0.29) is 0 Å². The van der Waals surface area contributed by atoms with Gasteiger partial charge in [-0.2, -0.15) is 0 Å². The summed E-state index contributed by atoms with van der Waals surface area (Å²) in [7, 11) is 2.08. The molecule has 0 bridgehead atoms. The van der Waals surface area contributed by atoms with Crippen molar-refractivity contribution in [3.63, 3.8) is 0 Å².